The number of aliphatic hydroxyl groups excluding tert-OH is 1. The summed E-state index contributed by atoms with van der Waals surface area (Å²) < 4.78 is 1.44. The van der Waals surface area contributed by atoms with Gasteiger partial charge < -0.3 is 10.4 Å². The number of aliphatic hydroxyl groups is 1. The van der Waals surface area contributed by atoms with Crippen molar-refractivity contribution in [2.24, 2.45) is 5.92 Å². The zero-order valence-electron chi connectivity index (χ0n) is 16.8. The summed E-state index contributed by atoms with van der Waals surface area (Å²) in [5.74, 6) is -0.272. The van der Waals surface area contributed by atoms with Crippen LogP contribution in [0.25, 0.3) is 11.0 Å². The Morgan fingerprint density at radius 1 is 1.13 bits per heavy atom. The number of likely N-dealkylation sites (tertiary alicyclic amines) is 1. The molecule has 7 nitrogen and oxygen atoms in total. The maximum atomic E-state index is 12.7. The fourth-order valence-electron chi connectivity index (χ4n) is 4.14. The molecular weight excluding hydrogens is 380 g/mol. The molecule has 7 heteroatoms. The molecule has 0 saturated carbocycles. The van der Waals surface area contributed by atoms with Gasteiger partial charge in [0.05, 0.1) is 17.2 Å². The molecule has 0 unspecified atom stereocenters. The van der Waals surface area contributed by atoms with Crippen molar-refractivity contribution >= 4 is 16.9 Å². The smallest absolute Gasteiger partial charge is 0.269 e. The summed E-state index contributed by atoms with van der Waals surface area (Å²) in [6.07, 6.45) is 2.00. The van der Waals surface area contributed by atoms with Gasteiger partial charge in [0.2, 0.25) is 5.91 Å². The van der Waals surface area contributed by atoms with Gasteiger partial charge in [-0.15, -0.1) is 0 Å². The molecule has 1 aromatic heterocycles. The van der Waals surface area contributed by atoms with E-state index in [1.807, 2.05) is 36.4 Å². The Labute approximate surface area is 175 Å². The number of rotatable bonds is 6. The van der Waals surface area contributed by atoms with Crippen molar-refractivity contribution in [2.45, 2.75) is 25.6 Å². The van der Waals surface area contributed by atoms with E-state index in [0.717, 1.165) is 19.5 Å². The molecule has 2 N–H and O–H groups in total. The normalized spacial score (nSPS) is 19.6. The average Bonchev–Trinajstić information content (AvgIpc) is 2.77. The van der Waals surface area contributed by atoms with Crippen LogP contribution in [0, 0.1) is 5.92 Å². The van der Waals surface area contributed by atoms with E-state index in [4.69, 9.17) is 0 Å². The third kappa shape index (κ3) is 4.58. The van der Waals surface area contributed by atoms with Crippen LogP contribution in [0.3, 0.4) is 0 Å². The van der Waals surface area contributed by atoms with Crippen LogP contribution in [0.2, 0.25) is 0 Å². The molecule has 2 heterocycles. The van der Waals surface area contributed by atoms with Crippen LogP contribution in [0.4, 0.5) is 0 Å². The van der Waals surface area contributed by atoms with Gasteiger partial charge in [-0.2, -0.15) is 0 Å². The molecule has 1 saturated heterocycles. The molecule has 1 fully saturated rings. The molecule has 1 aliphatic rings. The molecule has 30 heavy (non-hydrogen) atoms. The third-order valence-corrected chi connectivity index (χ3v) is 5.70. The van der Waals surface area contributed by atoms with Crippen LogP contribution < -0.4 is 10.9 Å². The summed E-state index contributed by atoms with van der Waals surface area (Å²) in [5, 5.41) is 12.9. The minimum Gasteiger partial charge on any atom is -0.396 e. The maximum absolute atomic E-state index is 12.7. The molecule has 0 aliphatic carbocycles. The first kappa shape index (κ1) is 20.3. The number of piperidine rings is 1. The van der Waals surface area contributed by atoms with E-state index in [-0.39, 0.29) is 36.6 Å². The van der Waals surface area contributed by atoms with Gasteiger partial charge in [-0.1, -0.05) is 42.5 Å². The Balaban J connectivity index is 1.40. The molecule has 0 spiro atoms. The van der Waals surface area contributed by atoms with Gasteiger partial charge in [0.15, 0.2) is 0 Å². The fourth-order valence-corrected chi connectivity index (χ4v) is 4.14. The lowest BCUT2D eigenvalue weighted by molar-refractivity contribution is -0.123. The van der Waals surface area contributed by atoms with Crippen molar-refractivity contribution < 1.29 is 9.90 Å². The van der Waals surface area contributed by atoms with Gasteiger partial charge in [0, 0.05) is 38.2 Å². The maximum Gasteiger partial charge on any atom is 0.269 e. The lowest BCUT2D eigenvalue weighted by atomic mass is 9.92. The van der Waals surface area contributed by atoms with Gasteiger partial charge in [-0.3, -0.25) is 19.1 Å². The number of nitrogens with one attached hydrogen (secondary N) is 1. The second-order valence-corrected chi connectivity index (χ2v) is 7.80. The van der Waals surface area contributed by atoms with Gasteiger partial charge >= 0.3 is 0 Å². The predicted octanol–water partition coefficient (Wildman–Crippen LogP) is 1.40. The number of nitrogens with zero attached hydrogens (tertiary/aromatic N) is 3. The number of hydrogen-bond acceptors (Lipinski definition) is 5. The number of hydrogen-bond donors (Lipinski definition) is 2. The monoisotopic (exact) mass is 406 g/mol. The van der Waals surface area contributed by atoms with Crippen molar-refractivity contribution in [3.8, 4) is 0 Å². The molecule has 156 valence electrons. The van der Waals surface area contributed by atoms with Crippen LogP contribution in [0.1, 0.15) is 12.0 Å². The Kier molecular flexibility index (Phi) is 6.21. The first-order chi connectivity index (χ1) is 14.6. The van der Waals surface area contributed by atoms with E-state index >= 15 is 0 Å². The molecule has 4 rings (SSSR count). The highest BCUT2D eigenvalue weighted by Gasteiger charge is 2.30. The van der Waals surface area contributed by atoms with Gasteiger partial charge in [0.25, 0.3) is 5.56 Å². The molecule has 0 radical (unpaired) electrons. The topological polar surface area (TPSA) is 87.5 Å². The van der Waals surface area contributed by atoms with Gasteiger partial charge in [-0.25, -0.2) is 4.98 Å². The van der Waals surface area contributed by atoms with Gasteiger partial charge in [0.1, 0.15) is 6.54 Å². The molecule has 2 aromatic carbocycles. The van der Waals surface area contributed by atoms with Crippen LogP contribution in [0.5, 0.6) is 0 Å². The number of carbonyl (C=O) groups excluding carboxylic acids is 1. The lowest BCUT2D eigenvalue weighted by Crippen LogP contribution is -2.52. The number of fused-ring (bicyclic) bond motifs is 1. The van der Waals surface area contributed by atoms with E-state index in [1.54, 1.807) is 6.07 Å². The van der Waals surface area contributed by atoms with Crippen LogP contribution in [0.15, 0.2) is 65.6 Å². The largest absolute Gasteiger partial charge is 0.396 e. The summed E-state index contributed by atoms with van der Waals surface area (Å²) in [6, 6.07) is 17.4. The van der Waals surface area contributed by atoms with E-state index in [2.05, 4.69) is 27.3 Å². The van der Waals surface area contributed by atoms with Crippen molar-refractivity contribution in [1.29, 1.82) is 0 Å². The first-order valence-electron chi connectivity index (χ1n) is 10.2. The van der Waals surface area contributed by atoms with Crippen molar-refractivity contribution in [2.75, 3.05) is 19.7 Å². The lowest BCUT2D eigenvalue weighted by Gasteiger charge is -2.38. The zero-order chi connectivity index (χ0) is 20.9. The van der Waals surface area contributed by atoms with Crippen LogP contribution in [-0.4, -0.2) is 51.2 Å². The summed E-state index contributed by atoms with van der Waals surface area (Å²) in [6.45, 7) is 2.33. The highest BCUT2D eigenvalue weighted by molar-refractivity contribution is 5.80. The number of benzene rings is 2. The summed E-state index contributed by atoms with van der Waals surface area (Å²) in [7, 11) is 0. The summed E-state index contributed by atoms with van der Waals surface area (Å²) in [4.78, 5) is 31.4. The first-order valence-corrected chi connectivity index (χ1v) is 10.2. The van der Waals surface area contributed by atoms with Crippen LogP contribution >= 0.6 is 0 Å². The average molecular weight is 406 g/mol. The molecule has 2 atom stereocenters. The Morgan fingerprint density at radius 3 is 2.70 bits per heavy atom. The molecule has 3 aromatic rings. The Morgan fingerprint density at radius 2 is 1.90 bits per heavy atom. The van der Waals surface area contributed by atoms with E-state index in [1.165, 1.54) is 16.3 Å². The SMILES string of the molecule is O=C(Cn1c(=O)cnc2ccccc21)N[C@@H]1CCN(Cc2ccccc2)C[C@H]1CO. The minimum absolute atomic E-state index is 0.00831. The second-order valence-electron chi connectivity index (χ2n) is 7.80. The summed E-state index contributed by atoms with van der Waals surface area (Å²) in [5.41, 5.74) is 2.24. The second kappa shape index (κ2) is 9.19. The third-order valence-electron chi connectivity index (χ3n) is 5.70. The standard InChI is InChI=1S/C23H26N4O3/c28-16-18-14-26(13-17-6-2-1-3-7-17)11-10-19(18)25-22(29)15-27-21-9-5-4-8-20(21)24-12-23(27)30/h1-9,12,18-19,28H,10-11,13-16H2,(H,25,29)/t18-,19+/m0/s1. The zero-order valence-corrected chi connectivity index (χ0v) is 16.8. The van der Waals surface area contributed by atoms with Crippen molar-refractivity contribution in [3.63, 3.8) is 0 Å². The fraction of sp³-hybridized carbons (Fsp3) is 0.348. The number of para-hydroxylation sites is 2. The predicted molar refractivity (Wildman–Crippen MR) is 115 cm³/mol. The molecular formula is C23H26N4O3. The number of aromatic nitrogens is 2. The van der Waals surface area contributed by atoms with Crippen molar-refractivity contribution in [3.05, 3.63) is 76.7 Å². The van der Waals surface area contributed by atoms with E-state index < -0.39 is 0 Å². The Hall–Kier alpha value is -3.03. The Bertz CT molecular complexity index is 1070. The highest BCUT2D eigenvalue weighted by Crippen LogP contribution is 2.19. The highest BCUT2D eigenvalue weighted by atomic mass is 16.3. The quantitative estimate of drug-likeness (QED) is 0.646. The number of amides is 1. The van der Waals surface area contributed by atoms with E-state index in [0.29, 0.717) is 17.6 Å². The van der Waals surface area contributed by atoms with Crippen LogP contribution in [-0.2, 0) is 17.9 Å². The number of carbonyl (C=O) groups is 1. The molecule has 0 bridgehead atoms. The summed E-state index contributed by atoms with van der Waals surface area (Å²) >= 11 is 0. The molecule has 1 amide bonds. The van der Waals surface area contributed by atoms with Crippen molar-refractivity contribution in [1.82, 2.24) is 19.8 Å². The minimum atomic E-state index is -0.305. The molecule has 1 aliphatic heterocycles. The van der Waals surface area contributed by atoms with Gasteiger partial charge in [-0.05, 0) is 24.1 Å². The van der Waals surface area contributed by atoms with E-state index in [9.17, 15) is 14.7 Å².